The first-order valence-corrected chi connectivity index (χ1v) is 10.0. The van der Waals surface area contributed by atoms with Gasteiger partial charge in [0.25, 0.3) is 5.91 Å². The van der Waals surface area contributed by atoms with Crippen LogP contribution in [0, 0.1) is 5.92 Å². The molecule has 1 fully saturated rings. The smallest absolute Gasteiger partial charge is 0.274 e. The molecule has 1 amide bonds. The Hall–Kier alpha value is -2.54. The van der Waals surface area contributed by atoms with Gasteiger partial charge >= 0.3 is 0 Å². The molecule has 0 radical (unpaired) electrons. The Labute approximate surface area is 162 Å². The van der Waals surface area contributed by atoms with Gasteiger partial charge in [0.15, 0.2) is 0 Å². The third-order valence-corrected chi connectivity index (χ3v) is 6.33. The number of anilines is 1. The van der Waals surface area contributed by atoms with Crippen molar-refractivity contribution in [3.8, 4) is 5.75 Å². The summed E-state index contributed by atoms with van der Waals surface area (Å²) < 4.78 is 6.53. The van der Waals surface area contributed by atoms with E-state index in [0.717, 1.165) is 16.1 Å². The van der Waals surface area contributed by atoms with E-state index >= 15 is 0 Å². The highest BCUT2D eigenvalue weighted by Gasteiger charge is 2.23. The number of aromatic nitrogens is 3. The van der Waals surface area contributed by atoms with E-state index in [9.17, 15) is 4.79 Å². The molecule has 0 spiro atoms. The van der Waals surface area contributed by atoms with Crippen LogP contribution in [-0.2, 0) is 0 Å². The normalized spacial score (nSPS) is 19.8. The predicted octanol–water partition coefficient (Wildman–Crippen LogP) is 4.64. The van der Waals surface area contributed by atoms with Gasteiger partial charge in [-0.3, -0.25) is 4.79 Å². The van der Waals surface area contributed by atoms with Gasteiger partial charge in [0, 0.05) is 18.2 Å². The second-order valence-corrected chi connectivity index (χ2v) is 8.14. The van der Waals surface area contributed by atoms with E-state index in [1.807, 2.05) is 12.1 Å². The highest BCUT2D eigenvalue weighted by Crippen LogP contribution is 2.40. The first-order valence-electron chi connectivity index (χ1n) is 9.20. The number of carbonyl (C=O) groups excluding carboxylic acids is 1. The zero-order valence-electron chi connectivity index (χ0n) is 15.4. The Morgan fingerprint density at radius 2 is 2.07 bits per heavy atom. The number of hydrogen-bond acceptors (Lipinski definition) is 6. The van der Waals surface area contributed by atoms with Crippen molar-refractivity contribution >= 4 is 33.1 Å². The quantitative estimate of drug-likeness (QED) is 0.711. The van der Waals surface area contributed by atoms with Crippen LogP contribution in [0.4, 0.5) is 5.69 Å². The lowest BCUT2D eigenvalue weighted by Gasteiger charge is -2.24. The van der Waals surface area contributed by atoms with Gasteiger partial charge in [-0.05, 0) is 30.9 Å². The minimum absolute atomic E-state index is 0.291. The number of fused-ring (bicyclic) bond motifs is 1. The first kappa shape index (κ1) is 17.9. The molecule has 0 aliphatic heterocycles. The second-order valence-electron chi connectivity index (χ2n) is 7.08. The number of methoxy groups -OCH3 is 1. The number of benzene rings is 1. The molecule has 3 aromatic rings. The summed E-state index contributed by atoms with van der Waals surface area (Å²) in [5, 5.41) is 4.08. The summed E-state index contributed by atoms with van der Waals surface area (Å²) in [6.07, 6.45) is 7.85. The van der Waals surface area contributed by atoms with Gasteiger partial charge in [0.05, 0.1) is 28.0 Å². The van der Waals surface area contributed by atoms with Crippen LogP contribution in [0.1, 0.15) is 54.0 Å². The molecule has 0 bridgehead atoms. The molecule has 0 saturated heterocycles. The van der Waals surface area contributed by atoms with Crippen LogP contribution in [0.25, 0.3) is 10.2 Å². The highest BCUT2D eigenvalue weighted by molar-refractivity contribution is 7.18. The van der Waals surface area contributed by atoms with Crippen molar-refractivity contribution in [2.45, 2.75) is 38.5 Å². The van der Waals surface area contributed by atoms with Gasteiger partial charge in [-0.2, -0.15) is 0 Å². The third kappa shape index (κ3) is 3.78. The maximum absolute atomic E-state index is 12.4. The lowest BCUT2D eigenvalue weighted by molar-refractivity contribution is 0.102. The van der Waals surface area contributed by atoms with Gasteiger partial charge in [-0.1, -0.05) is 19.8 Å². The SMILES string of the molecule is COc1cc2nc(C3CCC(C)CC3)sc2cc1NC(=O)c1ccncn1. The standard InChI is InChI=1S/C20H22N4O2S/c1-12-3-5-13(6-4-12)20-24-16-9-17(26-2)15(10-18(16)27-20)23-19(25)14-7-8-21-11-22-14/h7-13H,3-6H2,1-2H3,(H,23,25). The number of ether oxygens (including phenoxy) is 1. The molecule has 1 saturated carbocycles. The van der Waals surface area contributed by atoms with E-state index in [2.05, 4.69) is 22.2 Å². The van der Waals surface area contributed by atoms with Crippen molar-refractivity contribution < 1.29 is 9.53 Å². The molecular formula is C20H22N4O2S. The van der Waals surface area contributed by atoms with Gasteiger partial charge in [-0.15, -0.1) is 11.3 Å². The average Bonchev–Trinajstić information content (AvgIpc) is 3.11. The Bertz CT molecular complexity index is 949. The molecule has 0 unspecified atom stereocenters. The largest absolute Gasteiger partial charge is 0.494 e. The molecule has 1 N–H and O–H groups in total. The molecule has 1 aromatic carbocycles. The van der Waals surface area contributed by atoms with E-state index in [0.29, 0.717) is 23.0 Å². The zero-order chi connectivity index (χ0) is 18.8. The predicted molar refractivity (Wildman–Crippen MR) is 107 cm³/mol. The monoisotopic (exact) mass is 382 g/mol. The topological polar surface area (TPSA) is 77.0 Å². The van der Waals surface area contributed by atoms with E-state index in [4.69, 9.17) is 9.72 Å². The molecule has 6 nitrogen and oxygen atoms in total. The molecule has 4 rings (SSSR count). The first-order chi connectivity index (χ1) is 13.1. The minimum Gasteiger partial charge on any atom is -0.494 e. The van der Waals surface area contributed by atoms with Crippen molar-refractivity contribution in [1.82, 2.24) is 15.0 Å². The van der Waals surface area contributed by atoms with Crippen LogP contribution in [0.2, 0.25) is 0 Å². The fourth-order valence-electron chi connectivity index (χ4n) is 3.53. The van der Waals surface area contributed by atoms with Gasteiger partial charge in [0.1, 0.15) is 17.8 Å². The molecule has 2 heterocycles. The Morgan fingerprint density at radius 3 is 2.78 bits per heavy atom. The summed E-state index contributed by atoms with van der Waals surface area (Å²) in [7, 11) is 1.59. The van der Waals surface area contributed by atoms with E-state index in [-0.39, 0.29) is 5.91 Å². The Balaban J connectivity index is 1.62. The number of carbonyl (C=O) groups is 1. The second kappa shape index (κ2) is 7.60. The van der Waals surface area contributed by atoms with E-state index in [1.165, 1.54) is 37.0 Å². The molecule has 7 heteroatoms. The van der Waals surface area contributed by atoms with Crippen molar-refractivity contribution in [3.05, 3.63) is 41.4 Å². The molecule has 1 aliphatic rings. The molecule has 0 atom stereocenters. The van der Waals surface area contributed by atoms with Crippen LogP contribution in [0.3, 0.4) is 0 Å². The van der Waals surface area contributed by atoms with Crippen LogP contribution in [0.5, 0.6) is 5.75 Å². The summed E-state index contributed by atoms with van der Waals surface area (Å²) in [4.78, 5) is 25.1. The summed E-state index contributed by atoms with van der Waals surface area (Å²) >= 11 is 1.72. The van der Waals surface area contributed by atoms with Crippen molar-refractivity contribution in [2.75, 3.05) is 12.4 Å². The molecule has 2 aromatic heterocycles. The number of nitrogens with zero attached hydrogens (tertiary/aromatic N) is 3. The van der Waals surface area contributed by atoms with Gasteiger partial charge < -0.3 is 10.1 Å². The van der Waals surface area contributed by atoms with Gasteiger partial charge in [-0.25, -0.2) is 15.0 Å². The number of thiazole rings is 1. The van der Waals surface area contributed by atoms with Crippen LogP contribution < -0.4 is 10.1 Å². The summed E-state index contributed by atoms with van der Waals surface area (Å²) in [6, 6.07) is 5.42. The number of amides is 1. The average molecular weight is 382 g/mol. The molecular weight excluding hydrogens is 360 g/mol. The van der Waals surface area contributed by atoms with E-state index < -0.39 is 0 Å². The third-order valence-electron chi connectivity index (χ3n) is 5.15. The Morgan fingerprint density at radius 1 is 1.26 bits per heavy atom. The summed E-state index contributed by atoms with van der Waals surface area (Å²) in [5.74, 6) is 1.67. The lowest BCUT2D eigenvalue weighted by Crippen LogP contribution is -2.14. The number of nitrogens with one attached hydrogen (secondary N) is 1. The van der Waals surface area contributed by atoms with Crippen molar-refractivity contribution in [3.63, 3.8) is 0 Å². The highest BCUT2D eigenvalue weighted by atomic mass is 32.1. The maximum Gasteiger partial charge on any atom is 0.274 e. The van der Waals surface area contributed by atoms with Crippen LogP contribution >= 0.6 is 11.3 Å². The van der Waals surface area contributed by atoms with Crippen LogP contribution in [-0.4, -0.2) is 28.0 Å². The maximum atomic E-state index is 12.4. The van der Waals surface area contributed by atoms with E-state index in [1.54, 1.807) is 30.7 Å². The van der Waals surface area contributed by atoms with Crippen molar-refractivity contribution in [1.29, 1.82) is 0 Å². The number of hydrogen-bond donors (Lipinski definition) is 1. The van der Waals surface area contributed by atoms with Crippen molar-refractivity contribution in [2.24, 2.45) is 5.92 Å². The van der Waals surface area contributed by atoms with Crippen LogP contribution in [0.15, 0.2) is 30.7 Å². The molecule has 1 aliphatic carbocycles. The fourth-order valence-corrected chi connectivity index (χ4v) is 4.69. The summed E-state index contributed by atoms with van der Waals surface area (Å²) in [5.41, 5.74) is 1.86. The lowest BCUT2D eigenvalue weighted by atomic mass is 9.83. The summed E-state index contributed by atoms with van der Waals surface area (Å²) in [6.45, 7) is 2.33. The zero-order valence-corrected chi connectivity index (χ0v) is 16.3. The molecule has 27 heavy (non-hydrogen) atoms. The Kier molecular flexibility index (Phi) is 5.03. The molecule has 140 valence electrons. The number of rotatable bonds is 4. The minimum atomic E-state index is -0.291. The fraction of sp³-hybridized carbons (Fsp3) is 0.400. The van der Waals surface area contributed by atoms with Gasteiger partial charge in [0.2, 0.25) is 0 Å².